The Hall–Kier alpha value is -1.92. The summed E-state index contributed by atoms with van der Waals surface area (Å²) < 4.78 is 0. The van der Waals surface area contributed by atoms with Crippen LogP contribution in [-0.2, 0) is 9.59 Å². The van der Waals surface area contributed by atoms with E-state index in [4.69, 9.17) is 10.8 Å². The summed E-state index contributed by atoms with van der Waals surface area (Å²) in [5.41, 5.74) is 6.67. The van der Waals surface area contributed by atoms with E-state index in [9.17, 15) is 14.7 Å². The summed E-state index contributed by atoms with van der Waals surface area (Å²) in [7, 11) is 0. The molecule has 1 rings (SSSR count). The molecular weight excluding hydrogens is 248 g/mol. The van der Waals surface area contributed by atoms with Crippen molar-refractivity contribution in [1.29, 1.82) is 0 Å². The lowest BCUT2D eigenvalue weighted by atomic mass is 10.1. The number of hydrogen-bond donors (Lipinski definition) is 4. The van der Waals surface area contributed by atoms with Gasteiger partial charge in [0, 0.05) is 17.7 Å². The number of nitrogens with two attached hydrogens (primary N) is 1. The number of aliphatic hydroxyl groups excluding tert-OH is 1. The third-order valence-corrected chi connectivity index (χ3v) is 2.67. The van der Waals surface area contributed by atoms with Crippen LogP contribution in [0, 0.1) is 0 Å². The highest BCUT2D eigenvalue weighted by Crippen LogP contribution is 2.22. The second-order valence-corrected chi connectivity index (χ2v) is 4.29. The van der Waals surface area contributed by atoms with Crippen molar-refractivity contribution in [3.05, 3.63) is 29.8 Å². The van der Waals surface area contributed by atoms with Crippen LogP contribution >= 0.6 is 0 Å². The smallest absolute Gasteiger partial charge is 0.303 e. The van der Waals surface area contributed by atoms with Gasteiger partial charge in [0.2, 0.25) is 5.91 Å². The molecule has 2 unspecified atom stereocenters. The van der Waals surface area contributed by atoms with Crippen molar-refractivity contribution in [2.24, 2.45) is 5.73 Å². The second kappa shape index (κ2) is 6.86. The van der Waals surface area contributed by atoms with Gasteiger partial charge in [-0.05, 0) is 19.4 Å². The van der Waals surface area contributed by atoms with Crippen LogP contribution in [0.5, 0.6) is 0 Å². The van der Waals surface area contributed by atoms with Gasteiger partial charge in [0.1, 0.15) is 0 Å². The number of carbonyl (C=O) groups excluding carboxylic acids is 1. The summed E-state index contributed by atoms with van der Waals surface area (Å²) in [5, 5.41) is 20.7. The van der Waals surface area contributed by atoms with Crippen LogP contribution in [0.25, 0.3) is 0 Å². The van der Waals surface area contributed by atoms with Crippen LogP contribution in [-0.4, -0.2) is 28.1 Å². The van der Waals surface area contributed by atoms with Crippen molar-refractivity contribution >= 4 is 17.6 Å². The van der Waals surface area contributed by atoms with Crippen LogP contribution in [0.1, 0.15) is 31.4 Å². The molecule has 0 radical (unpaired) electrons. The van der Waals surface area contributed by atoms with E-state index < -0.39 is 24.0 Å². The van der Waals surface area contributed by atoms with Crippen LogP contribution in [0.2, 0.25) is 0 Å². The molecule has 6 heteroatoms. The molecule has 0 aliphatic carbocycles. The molecule has 0 aliphatic rings. The van der Waals surface area contributed by atoms with E-state index >= 15 is 0 Å². The minimum atomic E-state index is -0.993. The maximum atomic E-state index is 11.8. The summed E-state index contributed by atoms with van der Waals surface area (Å²) in [5.74, 6) is -1.46. The molecule has 0 aliphatic heterocycles. The first-order chi connectivity index (χ1) is 8.91. The first-order valence-corrected chi connectivity index (χ1v) is 5.97. The van der Waals surface area contributed by atoms with Gasteiger partial charge in [0.15, 0.2) is 0 Å². The Labute approximate surface area is 111 Å². The quantitative estimate of drug-likeness (QED) is 0.610. The number of benzene rings is 1. The van der Waals surface area contributed by atoms with Crippen LogP contribution in [0.15, 0.2) is 24.3 Å². The van der Waals surface area contributed by atoms with Crippen molar-refractivity contribution in [2.45, 2.75) is 31.9 Å². The van der Waals surface area contributed by atoms with Crippen molar-refractivity contribution < 1.29 is 19.8 Å². The zero-order valence-electron chi connectivity index (χ0n) is 10.7. The number of aliphatic carboxylic acids is 1. The standard InChI is InChI=1S/C13H18N2O4/c1-8(16)9-4-2-3-5-11(9)15-13(19)10(14)6-7-12(17)18/h2-5,8,10,16H,6-7,14H2,1H3,(H,15,19)(H,17,18). The van der Waals surface area contributed by atoms with Crippen molar-refractivity contribution in [1.82, 2.24) is 0 Å². The molecule has 1 amide bonds. The Morgan fingerprint density at radius 1 is 1.37 bits per heavy atom. The van der Waals surface area contributed by atoms with Gasteiger partial charge in [-0.15, -0.1) is 0 Å². The molecule has 5 N–H and O–H groups in total. The first kappa shape index (κ1) is 15.1. The lowest BCUT2D eigenvalue weighted by Crippen LogP contribution is -2.36. The molecule has 0 spiro atoms. The fourth-order valence-electron chi connectivity index (χ4n) is 1.61. The molecule has 19 heavy (non-hydrogen) atoms. The van der Waals surface area contributed by atoms with Gasteiger partial charge < -0.3 is 21.3 Å². The summed E-state index contributed by atoms with van der Waals surface area (Å²) in [4.78, 5) is 22.2. The minimum absolute atomic E-state index is 0.0675. The number of anilines is 1. The zero-order valence-corrected chi connectivity index (χ0v) is 10.7. The molecule has 0 saturated carbocycles. The van der Waals surface area contributed by atoms with Crippen LogP contribution in [0.4, 0.5) is 5.69 Å². The van der Waals surface area contributed by atoms with E-state index in [2.05, 4.69) is 5.32 Å². The Kier molecular flexibility index (Phi) is 5.47. The maximum absolute atomic E-state index is 11.8. The van der Waals surface area contributed by atoms with E-state index in [1.165, 1.54) is 0 Å². The van der Waals surface area contributed by atoms with E-state index in [0.717, 1.165) is 0 Å². The minimum Gasteiger partial charge on any atom is -0.481 e. The van der Waals surface area contributed by atoms with Crippen LogP contribution in [0.3, 0.4) is 0 Å². The fourth-order valence-corrected chi connectivity index (χ4v) is 1.61. The van der Waals surface area contributed by atoms with Crippen molar-refractivity contribution in [3.63, 3.8) is 0 Å². The zero-order chi connectivity index (χ0) is 14.4. The number of aliphatic hydroxyl groups is 1. The normalized spacial score (nSPS) is 13.6. The Balaban J connectivity index is 2.69. The SMILES string of the molecule is CC(O)c1ccccc1NC(=O)C(N)CCC(=O)O. The maximum Gasteiger partial charge on any atom is 0.303 e. The average Bonchev–Trinajstić information content (AvgIpc) is 2.36. The van der Waals surface area contributed by atoms with Crippen LogP contribution < -0.4 is 11.1 Å². The number of rotatable bonds is 6. The highest BCUT2D eigenvalue weighted by atomic mass is 16.4. The first-order valence-electron chi connectivity index (χ1n) is 5.97. The summed E-state index contributed by atoms with van der Waals surface area (Å²) in [6, 6.07) is 5.94. The molecule has 104 valence electrons. The number of carbonyl (C=O) groups is 2. The molecule has 0 fully saturated rings. The summed E-state index contributed by atoms with van der Waals surface area (Å²) in [6.07, 6.45) is -0.809. The monoisotopic (exact) mass is 266 g/mol. The summed E-state index contributed by atoms with van der Waals surface area (Å²) in [6.45, 7) is 1.59. The molecule has 0 heterocycles. The van der Waals surface area contributed by atoms with Gasteiger partial charge in [0.05, 0.1) is 12.1 Å². The molecular formula is C13H18N2O4. The Bertz CT molecular complexity index is 460. The van der Waals surface area contributed by atoms with Crippen molar-refractivity contribution in [3.8, 4) is 0 Å². The number of nitrogens with one attached hydrogen (secondary N) is 1. The third kappa shape index (κ3) is 4.69. The molecule has 0 aromatic heterocycles. The lowest BCUT2D eigenvalue weighted by molar-refractivity contribution is -0.137. The highest BCUT2D eigenvalue weighted by molar-refractivity contribution is 5.95. The molecule has 0 bridgehead atoms. The number of amides is 1. The number of hydrogen-bond acceptors (Lipinski definition) is 4. The molecule has 1 aromatic rings. The van der Waals surface area contributed by atoms with Gasteiger partial charge in [-0.1, -0.05) is 18.2 Å². The van der Waals surface area contributed by atoms with Gasteiger partial charge in [-0.25, -0.2) is 0 Å². The Morgan fingerprint density at radius 2 is 2.00 bits per heavy atom. The summed E-state index contributed by atoms with van der Waals surface area (Å²) >= 11 is 0. The number of carboxylic acid groups (broad SMARTS) is 1. The predicted molar refractivity (Wildman–Crippen MR) is 70.6 cm³/mol. The average molecular weight is 266 g/mol. The predicted octanol–water partition coefficient (Wildman–Crippen LogP) is 0.871. The second-order valence-electron chi connectivity index (χ2n) is 4.29. The highest BCUT2D eigenvalue weighted by Gasteiger charge is 2.17. The van der Waals surface area contributed by atoms with E-state index in [1.54, 1.807) is 31.2 Å². The van der Waals surface area contributed by atoms with Gasteiger partial charge >= 0.3 is 5.97 Å². The lowest BCUT2D eigenvalue weighted by Gasteiger charge is -2.15. The molecule has 1 aromatic carbocycles. The van der Waals surface area contributed by atoms with E-state index in [-0.39, 0.29) is 12.8 Å². The van der Waals surface area contributed by atoms with Gasteiger partial charge in [-0.2, -0.15) is 0 Å². The van der Waals surface area contributed by atoms with E-state index in [1.807, 2.05) is 0 Å². The van der Waals surface area contributed by atoms with Crippen molar-refractivity contribution in [2.75, 3.05) is 5.32 Å². The van der Waals surface area contributed by atoms with Gasteiger partial charge in [-0.3, -0.25) is 9.59 Å². The largest absolute Gasteiger partial charge is 0.481 e. The topological polar surface area (TPSA) is 113 Å². The van der Waals surface area contributed by atoms with E-state index in [0.29, 0.717) is 11.3 Å². The third-order valence-electron chi connectivity index (χ3n) is 2.67. The Morgan fingerprint density at radius 3 is 2.58 bits per heavy atom. The molecule has 0 saturated heterocycles. The molecule has 2 atom stereocenters. The molecule has 6 nitrogen and oxygen atoms in total. The fraction of sp³-hybridized carbons (Fsp3) is 0.385. The van der Waals surface area contributed by atoms with Gasteiger partial charge in [0.25, 0.3) is 0 Å². The number of carboxylic acids is 1. The number of para-hydroxylation sites is 1.